The van der Waals surface area contributed by atoms with Crippen molar-refractivity contribution in [3.8, 4) is 0 Å². The zero-order chi connectivity index (χ0) is 11.4. The highest BCUT2D eigenvalue weighted by Crippen LogP contribution is 2.09. The summed E-state index contributed by atoms with van der Waals surface area (Å²) >= 11 is 3.20. The Morgan fingerprint density at radius 1 is 1.33 bits per heavy atom. The molecule has 0 radical (unpaired) electrons. The molecule has 0 fully saturated rings. The smallest absolute Gasteiger partial charge is 0.251 e. The van der Waals surface area contributed by atoms with Crippen LogP contribution in [-0.4, -0.2) is 12.5 Å². The largest absolute Gasteiger partial charge is 0.347 e. The molecule has 0 saturated heterocycles. The van der Waals surface area contributed by atoms with Gasteiger partial charge >= 0.3 is 0 Å². The summed E-state index contributed by atoms with van der Waals surface area (Å²) in [4.78, 5) is 11.7. The van der Waals surface area contributed by atoms with E-state index in [-0.39, 0.29) is 5.91 Å². The van der Waals surface area contributed by atoms with Gasteiger partial charge in [0.1, 0.15) is 0 Å². The van der Waals surface area contributed by atoms with Crippen molar-refractivity contribution < 1.29 is 4.79 Å². The van der Waals surface area contributed by atoms with Crippen LogP contribution < -0.4 is 5.32 Å². The van der Waals surface area contributed by atoms with Gasteiger partial charge in [-0.1, -0.05) is 39.7 Å². The average molecular weight is 268 g/mol. The van der Waals surface area contributed by atoms with Gasteiger partial charge in [0.15, 0.2) is 0 Å². The Morgan fingerprint density at radius 3 is 2.33 bits per heavy atom. The van der Waals surface area contributed by atoms with E-state index < -0.39 is 0 Å². The predicted octanol–water partition coefficient (Wildman–Crippen LogP) is 2.94. The molecule has 0 spiro atoms. The minimum absolute atomic E-state index is 0.0672. The van der Waals surface area contributed by atoms with E-state index in [4.69, 9.17) is 0 Å². The van der Waals surface area contributed by atoms with Crippen molar-refractivity contribution in [1.29, 1.82) is 0 Å². The normalized spacial score (nSPS) is 9.80. The number of benzene rings is 1. The Labute approximate surface area is 98.5 Å². The van der Waals surface area contributed by atoms with Crippen LogP contribution in [-0.2, 0) is 0 Å². The summed E-state index contributed by atoms with van der Waals surface area (Å²) in [6, 6.07) is 5.79. The molecular formula is C12H14BrNO. The van der Waals surface area contributed by atoms with Gasteiger partial charge in [-0.05, 0) is 26.0 Å². The summed E-state index contributed by atoms with van der Waals surface area (Å²) in [5.74, 6) is -0.0672. The Kier molecular flexibility index (Phi) is 4.09. The van der Waals surface area contributed by atoms with E-state index in [1.807, 2.05) is 32.0 Å². The maximum Gasteiger partial charge on any atom is 0.251 e. The number of hydrogen-bond acceptors (Lipinski definition) is 1. The molecule has 1 rings (SSSR count). The summed E-state index contributed by atoms with van der Waals surface area (Å²) in [5, 5.41) is 2.77. The first-order chi connectivity index (χ1) is 6.99. The third-order valence-corrected chi connectivity index (χ3v) is 2.21. The SMILES string of the molecule is C=C(Br)CNC(=O)c1cc(C)cc(C)c1. The number of hydrogen-bond donors (Lipinski definition) is 1. The van der Waals surface area contributed by atoms with E-state index in [9.17, 15) is 4.79 Å². The van der Waals surface area contributed by atoms with Gasteiger partial charge in [-0.15, -0.1) is 0 Å². The lowest BCUT2D eigenvalue weighted by atomic mass is 10.1. The molecule has 0 aromatic heterocycles. The number of aryl methyl sites for hydroxylation is 2. The van der Waals surface area contributed by atoms with Crippen molar-refractivity contribution in [3.63, 3.8) is 0 Å². The fourth-order valence-electron chi connectivity index (χ4n) is 1.38. The molecule has 0 aliphatic heterocycles. The van der Waals surface area contributed by atoms with E-state index in [2.05, 4.69) is 27.8 Å². The van der Waals surface area contributed by atoms with E-state index in [0.717, 1.165) is 15.6 Å². The van der Waals surface area contributed by atoms with Crippen LogP contribution in [0, 0.1) is 13.8 Å². The topological polar surface area (TPSA) is 29.1 Å². The second kappa shape index (κ2) is 5.12. The monoisotopic (exact) mass is 267 g/mol. The van der Waals surface area contributed by atoms with Crippen LogP contribution in [0.15, 0.2) is 29.3 Å². The third kappa shape index (κ3) is 3.88. The Hall–Kier alpha value is -1.09. The van der Waals surface area contributed by atoms with Gasteiger partial charge in [-0.2, -0.15) is 0 Å². The van der Waals surface area contributed by atoms with Crippen molar-refractivity contribution in [2.24, 2.45) is 0 Å². The van der Waals surface area contributed by atoms with Crippen LogP contribution in [0.3, 0.4) is 0 Å². The van der Waals surface area contributed by atoms with Crippen LogP contribution in [0.5, 0.6) is 0 Å². The highest BCUT2D eigenvalue weighted by molar-refractivity contribution is 9.11. The van der Waals surface area contributed by atoms with Crippen molar-refractivity contribution >= 4 is 21.8 Å². The highest BCUT2D eigenvalue weighted by atomic mass is 79.9. The lowest BCUT2D eigenvalue weighted by Gasteiger charge is -2.06. The number of amides is 1. The molecule has 1 N–H and O–H groups in total. The molecule has 1 aromatic carbocycles. The Bertz CT molecular complexity index is 378. The number of rotatable bonds is 3. The summed E-state index contributed by atoms with van der Waals surface area (Å²) in [6.45, 7) is 8.07. The van der Waals surface area contributed by atoms with Gasteiger partial charge in [0.2, 0.25) is 0 Å². The van der Waals surface area contributed by atoms with Crippen LogP contribution in [0.25, 0.3) is 0 Å². The predicted molar refractivity (Wildman–Crippen MR) is 66.3 cm³/mol. The Morgan fingerprint density at radius 2 is 1.87 bits per heavy atom. The van der Waals surface area contributed by atoms with Crippen molar-refractivity contribution in [1.82, 2.24) is 5.32 Å². The zero-order valence-electron chi connectivity index (χ0n) is 8.93. The molecule has 1 aromatic rings. The van der Waals surface area contributed by atoms with Crippen molar-refractivity contribution in [2.45, 2.75) is 13.8 Å². The number of carbonyl (C=O) groups excluding carboxylic acids is 1. The first kappa shape index (κ1) is 12.0. The molecule has 0 aliphatic rings. The minimum atomic E-state index is -0.0672. The van der Waals surface area contributed by atoms with Crippen LogP contribution in [0.2, 0.25) is 0 Å². The number of halogens is 1. The van der Waals surface area contributed by atoms with Gasteiger partial charge in [-0.25, -0.2) is 0 Å². The number of nitrogens with one attached hydrogen (secondary N) is 1. The lowest BCUT2D eigenvalue weighted by Crippen LogP contribution is -2.24. The first-order valence-corrected chi connectivity index (χ1v) is 5.48. The Balaban J connectivity index is 2.77. The number of carbonyl (C=O) groups is 1. The molecule has 3 heteroatoms. The maximum atomic E-state index is 11.7. The van der Waals surface area contributed by atoms with Crippen LogP contribution in [0.4, 0.5) is 0 Å². The van der Waals surface area contributed by atoms with Gasteiger partial charge in [0, 0.05) is 16.6 Å². The standard InChI is InChI=1S/C12H14BrNO/c1-8-4-9(2)6-11(5-8)12(15)14-7-10(3)13/h4-6H,3,7H2,1-2H3,(H,14,15). The summed E-state index contributed by atoms with van der Waals surface area (Å²) in [5.41, 5.74) is 2.89. The fraction of sp³-hybridized carbons (Fsp3) is 0.250. The second-order valence-corrected chi connectivity index (χ2v) is 4.70. The van der Waals surface area contributed by atoms with Gasteiger partial charge in [0.05, 0.1) is 0 Å². The molecule has 1 amide bonds. The minimum Gasteiger partial charge on any atom is -0.347 e. The van der Waals surface area contributed by atoms with Crippen LogP contribution in [0.1, 0.15) is 21.5 Å². The third-order valence-electron chi connectivity index (χ3n) is 1.92. The van der Waals surface area contributed by atoms with Gasteiger partial charge in [0.25, 0.3) is 5.91 Å². The van der Waals surface area contributed by atoms with E-state index in [1.54, 1.807) is 0 Å². The highest BCUT2D eigenvalue weighted by Gasteiger charge is 2.05. The summed E-state index contributed by atoms with van der Waals surface area (Å²) in [6.07, 6.45) is 0. The quantitative estimate of drug-likeness (QED) is 0.897. The van der Waals surface area contributed by atoms with E-state index in [1.165, 1.54) is 0 Å². The van der Waals surface area contributed by atoms with Gasteiger partial charge < -0.3 is 5.32 Å². The molecule has 0 bridgehead atoms. The average Bonchev–Trinajstić information content (AvgIpc) is 2.12. The van der Waals surface area contributed by atoms with Crippen LogP contribution >= 0.6 is 15.9 Å². The summed E-state index contributed by atoms with van der Waals surface area (Å²) < 4.78 is 0.764. The molecule has 0 saturated carbocycles. The van der Waals surface area contributed by atoms with Crippen molar-refractivity contribution in [2.75, 3.05) is 6.54 Å². The maximum absolute atomic E-state index is 11.7. The molecule has 0 atom stereocenters. The van der Waals surface area contributed by atoms with E-state index in [0.29, 0.717) is 12.1 Å². The molecule has 80 valence electrons. The van der Waals surface area contributed by atoms with Gasteiger partial charge in [-0.3, -0.25) is 4.79 Å². The van der Waals surface area contributed by atoms with E-state index >= 15 is 0 Å². The molecule has 2 nitrogen and oxygen atoms in total. The molecule has 0 heterocycles. The molecule has 0 aliphatic carbocycles. The lowest BCUT2D eigenvalue weighted by molar-refractivity contribution is 0.0957. The first-order valence-electron chi connectivity index (χ1n) is 4.69. The molecule has 0 unspecified atom stereocenters. The summed E-state index contributed by atoms with van der Waals surface area (Å²) in [7, 11) is 0. The molecule has 15 heavy (non-hydrogen) atoms. The second-order valence-electron chi connectivity index (χ2n) is 3.58. The van der Waals surface area contributed by atoms with Crippen molar-refractivity contribution in [3.05, 3.63) is 46.0 Å². The fourth-order valence-corrected chi connectivity index (χ4v) is 1.52. The zero-order valence-corrected chi connectivity index (χ0v) is 10.5. The molecular weight excluding hydrogens is 254 g/mol.